The van der Waals surface area contributed by atoms with Gasteiger partial charge in [0, 0.05) is 5.69 Å². The minimum atomic E-state index is -0.371. The lowest BCUT2D eigenvalue weighted by Crippen LogP contribution is -2.34. The number of carbonyl (C=O) groups is 1. The molecular weight excluding hydrogens is 318 g/mol. The molecule has 0 unspecified atom stereocenters. The quantitative estimate of drug-likeness (QED) is 0.845. The first-order chi connectivity index (χ1) is 10.6. The van der Waals surface area contributed by atoms with Crippen LogP contribution in [0.15, 0.2) is 48.5 Å². The van der Waals surface area contributed by atoms with E-state index in [0.717, 1.165) is 11.3 Å². The number of amides is 1. The molecule has 0 aromatic heterocycles. The molecular formula is C16H12ClN3OS. The number of nitrogens with one attached hydrogen (secondary N) is 2. The number of thiocarbonyl (C=S) groups is 1. The Kier molecular flexibility index (Phi) is 5.48. The standard InChI is InChI=1S/C16H12ClN3OS/c17-14-4-2-1-3-13(14)15(21)20-16(22)19-12-7-5-11(6-8-12)9-10-18/h1-8H,9H2,(H2,19,20,21,22). The van der Waals surface area contributed by atoms with Crippen molar-refractivity contribution in [3.8, 4) is 6.07 Å². The Balaban J connectivity index is 1.97. The van der Waals surface area contributed by atoms with Crippen LogP contribution in [0.4, 0.5) is 5.69 Å². The number of rotatable bonds is 3. The molecule has 0 bridgehead atoms. The molecule has 0 spiro atoms. The van der Waals surface area contributed by atoms with Crippen molar-refractivity contribution >= 4 is 40.5 Å². The molecule has 4 nitrogen and oxygen atoms in total. The Labute approximate surface area is 138 Å². The third-order valence-corrected chi connectivity index (χ3v) is 3.37. The molecule has 22 heavy (non-hydrogen) atoms. The molecule has 0 saturated heterocycles. The van der Waals surface area contributed by atoms with E-state index in [1.807, 2.05) is 12.1 Å². The van der Waals surface area contributed by atoms with E-state index in [0.29, 0.717) is 17.0 Å². The van der Waals surface area contributed by atoms with E-state index in [9.17, 15) is 4.79 Å². The summed E-state index contributed by atoms with van der Waals surface area (Å²) in [4.78, 5) is 12.0. The second-order valence-electron chi connectivity index (χ2n) is 4.42. The fourth-order valence-electron chi connectivity index (χ4n) is 1.78. The summed E-state index contributed by atoms with van der Waals surface area (Å²) >= 11 is 11.1. The average molecular weight is 330 g/mol. The van der Waals surface area contributed by atoms with Crippen LogP contribution in [0.3, 0.4) is 0 Å². The van der Waals surface area contributed by atoms with Gasteiger partial charge in [-0.05, 0) is 42.0 Å². The second-order valence-corrected chi connectivity index (χ2v) is 5.24. The summed E-state index contributed by atoms with van der Waals surface area (Å²) in [6.45, 7) is 0. The Hall–Kier alpha value is -2.42. The molecule has 0 radical (unpaired) electrons. The van der Waals surface area contributed by atoms with E-state index in [-0.39, 0.29) is 11.0 Å². The van der Waals surface area contributed by atoms with Crippen molar-refractivity contribution in [2.24, 2.45) is 0 Å². The van der Waals surface area contributed by atoms with Crippen molar-refractivity contribution in [2.75, 3.05) is 5.32 Å². The van der Waals surface area contributed by atoms with Crippen LogP contribution in [0, 0.1) is 11.3 Å². The predicted octanol–water partition coefficient (Wildman–Crippen LogP) is 3.53. The second kappa shape index (κ2) is 7.55. The highest BCUT2D eigenvalue weighted by Crippen LogP contribution is 2.15. The SMILES string of the molecule is N#CCc1ccc(NC(=S)NC(=O)c2ccccc2Cl)cc1. The lowest BCUT2D eigenvalue weighted by molar-refractivity contribution is 0.0978. The average Bonchev–Trinajstić information content (AvgIpc) is 2.50. The molecule has 2 aromatic carbocycles. The monoisotopic (exact) mass is 329 g/mol. The number of benzene rings is 2. The fourth-order valence-corrected chi connectivity index (χ4v) is 2.21. The van der Waals surface area contributed by atoms with E-state index in [2.05, 4.69) is 16.7 Å². The van der Waals surface area contributed by atoms with Gasteiger partial charge in [-0.2, -0.15) is 5.26 Å². The van der Waals surface area contributed by atoms with E-state index >= 15 is 0 Å². The normalized spacial score (nSPS) is 9.64. The molecule has 1 amide bonds. The lowest BCUT2D eigenvalue weighted by atomic mass is 10.1. The van der Waals surface area contributed by atoms with Crippen LogP contribution >= 0.6 is 23.8 Å². The molecule has 0 aliphatic heterocycles. The van der Waals surface area contributed by atoms with Gasteiger partial charge in [-0.15, -0.1) is 0 Å². The summed E-state index contributed by atoms with van der Waals surface area (Å²) in [5, 5.41) is 14.6. The third-order valence-electron chi connectivity index (χ3n) is 2.84. The van der Waals surface area contributed by atoms with Crippen molar-refractivity contribution in [1.82, 2.24) is 5.32 Å². The molecule has 6 heteroatoms. The zero-order valence-electron chi connectivity index (χ0n) is 11.5. The first-order valence-corrected chi connectivity index (χ1v) is 7.21. The first-order valence-electron chi connectivity index (χ1n) is 6.43. The van der Waals surface area contributed by atoms with Gasteiger partial charge in [0.05, 0.1) is 23.1 Å². The smallest absolute Gasteiger partial charge is 0.258 e. The number of hydrogen-bond acceptors (Lipinski definition) is 3. The molecule has 110 valence electrons. The van der Waals surface area contributed by atoms with Crippen LogP contribution in [0.2, 0.25) is 5.02 Å². The molecule has 0 fully saturated rings. The maximum absolute atomic E-state index is 12.0. The Morgan fingerprint density at radius 1 is 1.18 bits per heavy atom. The molecule has 0 aliphatic rings. The van der Waals surface area contributed by atoms with Crippen molar-refractivity contribution in [1.29, 1.82) is 5.26 Å². The highest BCUT2D eigenvalue weighted by atomic mass is 35.5. The molecule has 0 aliphatic carbocycles. The van der Waals surface area contributed by atoms with Crippen molar-refractivity contribution in [2.45, 2.75) is 6.42 Å². The van der Waals surface area contributed by atoms with Gasteiger partial charge in [0.15, 0.2) is 5.11 Å². The number of hydrogen-bond donors (Lipinski definition) is 2. The van der Waals surface area contributed by atoms with Crippen LogP contribution in [-0.4, -0.2) is 11.0 Å². The van der Waals surface area contributed by atoms with Crippen LogP contribution in [0.5, 0.6) is 0 Å². The number of carbonyl (C=O) groups excluding carboxylic acids is 1. The lowest BCUT2D eigenvalue weighted by Gasteiger charge is -2.10. The highest BCUT2D eigenvalue weighted by Gasteiger charge is 2.11. The molecule has 0 heterocycles. The van der Waals surface area contributed by atoms with Crippen molar-refractivity contribution in [3.05, 3.63) is 64.7 Å². The molecule has 0 saturated carbocycles. The molecule has 2 aromatic rings. The minimum absolute atomic E-state index is 0.179. The highest BCUT2D eigenvalue weighted by molar-refractivity contribution is 7.80. The first kappa shape index (κ1) is 16.0. The number of nitriles is 1. The van der Waals surface area contributed by atoms with Gasteiger partial charge in [0.25, 0.3) is 5.91 Å². The van der Waals surface area contributed by atoms with Gasteiger partial charge in [-0.25, -0.2) is 0 Å². The summed E-state index contributed by atoms with van der Waals surface area (Å²) in [5.41, 5.74) is 2.00. The summed E-state index contributed by atoms with van der Waals surface area (Å²) in [7, 11) is 0. The van der Waals surface area contributed by atoms with E-state index in [1.165, 1.54) is 0 Å². The Morgan fingerprint density at radius 3 is 2.50 bits per heavy atom. The van der Waals surface area contributed by atoms with E-state index in [1.54, 1.807) is 36.4 Å². The van der Waals surface area contributed by atoms with Gasteiger partial charge < -0.3 is 5.32 Å². The van der Waals surface area contributed by atoms with Gasteiger partial charge in [-0.3, -0.25) is 10.1 Å². The summed E-state index contributed by atoms with van der Waals surface area (Å²) in [5.74, 6) is -0.371. The summed E-state index contributed by atoms with van der Waals surface area (Å²) in [6.07, 6.45) is 0.355. The number of anilines is 1. The van der Waals surface area contributed by atoms with E-state index in [4.69, 9.17) is 29.1 Å². The summed E-state index contributed by atoms with van der Waals surface area (Å²) in [6, 6.07) is 16.0. The van der Waals surface area contributed by atoms with Crippen LogP contribution in [0.25, 0.3) is 0 Å². The Morgan fingerprint density at radius 2 is 1.86 bits per heavy atom. The van der Waals surface area contributed by atoms with Crippen LogP contribution in [-0.2, 0) is 6.42 Å². The Bertz CT molecular complexity index is 738. The molecule has 2 rings (SSSR count). The largest absolute Gasteiger partial charge is 0.332 e. The maximum Gasteiger partial charge on any atom is 0.258 e. The molecule has 2 N–H and O–H groups in total. The zero-order chi connectivity index (χ0) is 15.9. The van der Waals surface area contributed by atoms with E-state index < -0.39 is 0 Å². The van der Waals surface area contributed by atoms with Crippen molar-refractivity contribution in [3.63, 3.8) is 0 Å². The third kappa shape index (κ3) is 4.29. The topological polar surface area (TPSA) is 64.9 Å². The van der Waals surface area contributed by atoms with Gasteiger partial charge in [0.2, 0.25) is 0 Å². The fraction of sp³-hybridized carbons (Fsp3) is 0.0625. The minimum Gasteiger partial charge on any atom is -0.332 e. The predicted molar refractivity (Wildman–Crippen MR) is 90.9 cm³/mol. The van der Waals surface area contributed by atoms with Crippen molar-refractivity contribution < 1.29 is 4.79 Å². The van der Waals surface area contributed by atoms with Gasteiger partial charge >= 0.3 is 0 Å². The van der Waals surface area contributed by atoms with Crippen LogP contribution in [0.1, 0.15) is 15.9 Å². The zero-order valence-corrected chi connectivity index (χ0v) is 13.0. The number of halogens is 1. The molecule has 0 atom stereocenters. The van der Waals surface area contributed by atoms with Gasteiger partial charge in [0.1, 0.15) is 0 Å². The van der Waals surface area contributed by atoms with Crippen LogP contribution < -0.4 is 10.6 Å². The maximum atomic E-state index is 12.0. The van der Waals surface area contributed by atoms with Gasteiger partial charge in [-0.1, -0.05) is 35.9 Å². The number of nitrogens with zero attached hydrogens (tertiary/aromatic N) is 1. The summed E-state index contributed by atoms with van der Waals surface area (Å²) < 4.78 is 0.